The van der Waals surface area contributed by atoms with Crippen LogP contribution in [0.25, 0.3) is 17.0 Å². The molecule has 0 fully saturated rings. The highest BCUT2D eigenvalue weighted by molar-refractivity contribution is 5.90. The molecule has 0 aliphatic heterocycles. The van der Waals surface area contributed by atoms with E-state index in [0.29, 0.717) is 19.7 Å². The van der Waals surface area contributed by atoms with Crippen LogP contribution in [0.1, 0.15) is 30.5 Å². The maximum absolute atomic E-state index is 11.8. The van der Waals surface area contributed by atoms with E-state index in [0.717, 1.165) is 29.6 Å². The Morgan fingerprint density at radius 1 is 1.12 bits per heavy atom. The van der Waals surface area contributed by atoms with Gasteiger partial charge in [0.05, 0.1) is 5.92 Å². The van der Waals surface area contributed by atoms with Gasteiger partial charge in [0.2, 0.25) is 0 Å². The number of carbonyl (C=O) groups excluding carboxylic acids is 2. The van der Waals surface area contributed by atoms with Gasteiger partial charge in [0.25, 0.3) is 5.91 Å². The van der Waals surface area contributed by atoms with Crippen LogP contribution in [0.15, 0.2) is 60.8 Å². The molecule has 1 heterocycles. The van der Waals surface area contributed by atoms with E-state index in [4.69, 9.17) is 9.94 Å². The number of carbonyl (C=O) groups is 2. The molecule has 7 nitrogen and oxygen atoms in total. The summed E-state index contributed by atoms with van der Waals surface area (Å²) in [5.41, 5.74) is 5.94. The lowest BCUT2D eigenvalue weighted by atomic mass is 10.1. The Morgan fingerprint density at radius 2 is 1.88 bits per heavy atom. The molecule has 0 radical (unpaired) electrons. The predicted octanol–water partition coefficient (Wildman–Crippen LogP) is 3.93. The molecular weight excluding hydrogens is 418 g/mol. The van der Waals surface area contributed by atoms with Crippen LogP contribution < -0.4 is 5.48 Å². The zero-order chi connectivity index (χ0) is 23.6. The number of aromatic nitrogens is 1. The largest absolute Gasteiger partial charge is 0.464 e. The molecule has 174 valence electrons. The molecule has 0 aliphatic rings. The fourth-order valence-electron chi connectivity index (χ4n) is 3.53. The third-order valence-electron chi connectivity index (χ3n) is 5.42. The van der Waals surface area contributed by atoms with Crippen molar-refractivity contribution >= 4 is 28.9 Å². The molecule has 0 saturated heterocycles. The van der Waals surface area contributed by atoms with E-state index in [1.165, 1.54) is 17.0 Å². The van der Waals surface area contributed by atoms with Gasteiger partial charge in [-0.25, -0.2) is 5.48 Å². The molecule has 1 amide bonds. The number of rotatable bonds is 11. The molecule has 1 aromatic heterocycles. The van der Waals surface area contributed by atoms with Gasteiger partial charge in [0.1, 0.15) is 6.61 Å². The molecule has 0 spiro atoms. The summed E-state index contributed by atoms with van der Waals surface area (Å²) in [6.07, 6.45) is 5.84. The van der Waals surface area contributed by atoms with Gasteiger partial charge in [0.15, 0.2) is 0 Å². The highest BCUT2D eigenvalue weighted by Gasteiger charge is 2.12. The average molecular weight is 450 g/mol. The van der Waals surface area contributed by atoms with Gasteiger partial charge in [-0.2, -0.15) is 0 Å². The number of aromatic amines is 1. The first-order chi connectivity index (χ1) is 16.0. The van der Waals surface area contributed by atoms with Gasteiger partial charge >= 0.3 is 5.97 Å². The van der Waals surface area contributed by atoms with Crippen LogP contribution in [0.3, 0.4) is 0 Å². The summed E-state index contributed by atoms with van der Waals surface area (Å²) in [5.74, 6) is -0.897. The SMILES string of the molecule is CC(C)C(=O)OCCN(CCc1c[nH]c2ccccc12)Cc1ccc(/C=C/C(=O)NO)cc1. The molecule has 0 aliphatic carbocycles. The molecular formula is C26H31N3O4. The minimum Gasteiger partial charge on any atom is -0.464 e. The molecule has 2 aromatic carbocycles. The molecule has 3 N–H and O–H groups in total. The van der Waals surface area contributed by atoms with Crippen molar-refractivity contribution < 1.29 is 19.5 Å². The number of hydrogen-bond donors (Lipinski definition) is 3. The second-order valence-electron chi connectivity index (χ2n) is 8.26. The lowest BCUT2D eigenvalue weighted by Gasteiger charge is -2.22. The van der Waals surface area contributed by atoms with Crippen molar-refractivity contribution in [3.63, 3.8) is 0 Å². The summed E-state index contributed by atoms with van der Waals surface area (Å²) in [6.45, 7) is 6.18. The van der Waals surface area contributed by atoms with Gasteiger partial charge < -0.3 is 9.72 Å². The van der Waals surface area contributed by atoms with Crippen LogP contribution in [-0.4, -0.2) is 46.7 Å². The second-order valence-corrected chi connectivity index (χ2v) is 8.26. The summed E-state index contributed by atoms with van der Waals surface area (Å²) in [7, 11) is 0. The zero-order valence-corrected chi connectivity index (χ0v) is 19.1. The topological polar surface area (TPSA) is 94.7 Å². The van der Waals surface area contributed by atoms with Gasteiger partial charge in [-0.05, 0) is 35.3 Å². The minimum atomic E-state index is -0.571. The molecule has 0 saturated carbocycles. The van der Waals surface area contributed by atoms with Crippen molar-refractivity contribution in [2.45, 2.75) is 26.8 Å². The lowest BCUT2D eigenvalue weighted by molar-refractivity contribution is -0.147. The fourth-order valence-corrected chi connectivity index (χ4v) is 3.53. The van der Waals surface area contributed by atoms with Crippen molar-refractivity contribution in [1.82, 2.24) is 15.4 Å². The van der Waals surface area contributed by atoms with Crippen LogP contribution in [0.2, 0.25) is 0 Å². The number of esters is 1. The van der Waals surface area contributed by atoms with E-state index < -0.39 is 5.91 Å². The number of amides is 1. The summed E-state index contributed by atoms with van der Waals surface area (Å²) in [6, 6.07) is 16.1. The van der Waals surface area contributed by atoms with Crippen molar-refractivity contribution in [3.8, 4) is 0 Å². The highest BCUT2D eigenvalue weighted by Crippen LogP contribution is 2.19. The molecule has 0 bridgehead atoms. The first-order valence-corrected chi connectivity index (χ1v) is 11.1. The Kier molecular flexibility index (Phi) is 8.80. The molecule has 33 heavy (non-hydrogen) atoms. The van der Waals surface area contributed by atoms with E-state index in [-0.39, 0.29) is 11.9 Å². The molecule has 7 heteroatoms. The standard InChI is InChI=1S/C26H31N3O4/c1-19(2)26(31)33-16-15-29(14-13-22-17-27-24-6-4-3-5-23(22)24)18-21-9-7-20(8-10-21)11-12-25(30)28-32/h3-12,17,19,27,32H,13-16,18H2,1-2H3,(H,28,30)/b12-11+. The summed E-state index contributed by atoms with van der Waals surface area (Å²) in [5, 5.41) is 9.81. The van der Waals surface area contributed by atoms with Crippen LogP contribution in [-0.2, 0) is 27.3 Å². The Morgan fingerprint density at radius 3 is 2.61 bits per heavy atom. The summed E-state index contributed by atoms with van der Waals surface area (Å²) < 4.78 is 5.41. The third-order valence-corrected chi connectivity index (χ3v) is 5.42. The Bertz CT molecular complexity index is 1090. The van der Waals surface area contributed by atoms with Gasteiger partial charge in [-0.3, -0.25) is 19.7 Å². The summed E-state index contributed by atoms with van der Waals surface area (Å²) in [4.78, 5) is 28.6. The van der Waals surface area contributed by atoms with Crippen molar-refractivity contribution in [2.75, 3.05) is 19.7 Å². The van der Waals surface area contributed by atoms with E-state index in [2.05, 4.69) is 28.2 Å². The smallest absolute Gasteiger partial charge is 0.308 e. The average Bonchev–Trinajstić information content (AvgIpc) is 3.24. The molecule has 3 aromatic rings. The third kappa shape index (κ3) is 7.30. The first kappa shape index (κ1) is 24.2. The number of hydroxylamine groups is 1. The summed E-state index contributed by atoms with van der Waals surface area (Å²) >= 11 is 0. The Balaban J connectivity index is 1.65. The lowest BCUT2D eigenvalue weighted by Crippen LogP contribution is -2.30. The normalized spacial score (nSPS) is 11.5. The van der Waals surface area contributed by atoms with E-state index in [9.17, 15) is 9.59 Å². The first-order valence-electron chi connectivity index (χ1n) is 11.1. The van der Waals surface area contributed by atoms with Crippen LogP contribution in [0, 0.1) is 5.92 Å². The van der Waals surface area contributed by atoms with E-state index in [1.54, 1.807) is 11.6 Å². The quantitative estimate of drug-likeness (QED) is 0.178. The van der Waals surface area contributed by atoms with Crippen LogP contribution in [0.5, 0.6) is 0 Å². The fraction of sp³-hybridized carbons (Fsp3) is 0.308. The van der Waals surface area contributed by atoms with Gasteiger partial charge in [0, 0.05) is 42.8 Å². The van der Waals surface area contributed by atoms with Crippen LogP contribution in [0.4, 0.5) is 0 Å². The van der Waals surface area contributed by atoms with E-state index in [1.807, 2.05) is 50.2 Å². The Hall–Kier alpha value is -3.42. The number of hydrogen-bond acceptors (Lipinski definition) is 5. The maximum Gasteiger partial charge on any atom is 0.308 e. The second kappa shape index (κ2) is 12.0. The highest BCUT2D eigenvalue weighted by atomic mass is 16.5. The molecule has 0 unspecified atom stereocenters. The number of nitrogens with one attached hydrogen (secondary N) is 2. The Labute approximate surface area is 194 Å². The number of fused-ring (bicyclic) bond motifs is 1. The number of para-hydroxylation sites is 1. The number of H-pyrrole nitrogens is 1. The van der Waals surface area contributed by atoms with Crippen molar-refractivity contribution in [2.24, 2.45) is 5.92 Å². The predicted molar refractivity (Wildman–Crippen MR) is 128 cm³/mol. The van der Waals surface area contributed by atoms with Crippen molar-refractivity contribution in [3.05, 3.63) is 77.5 Å². The van der Waals surface area contributed by atoms with Crippen LogP contribution >= 0.6 is 0 Å². The van der Waals surface area contributed by atoms with Gasteiger partial charge in [-0.1, -0.05) is 56.3 Å². The molecule has 0 atom stereocenters. The monoisotopic (exact) mass is 449 g/mol. The zero-order valence-electron chi connectivity index (χ0n) is 19.1. The maximum atomic E-state index is 11.8. The van der Waals surface area contributed by atoms with Crippen molar-refractivity contribution in [1.29, 1.82) is 0 Å². The number of nitrogens with zero attached hydrogens (tertiary/aromatic N) is 1. The van der Waals surface area contributed by atoms with E-state index >= 15 is 0 Å². The number of ether oxygens (including phenoxy) is 1. The molecule has 3 rings (SSSR count). The van der Waals surface area contributed by atoms with Gasteiger partial charge in [-0.15, -0.1) is 0 Å². The number of benzene rings is 2. The minimum absolute atomic E-state index is 0.141.